The number of aromatic nitrogens is 4. The Balaban J connectivity index is 1.40. The minimum Gasteiger partial charge on any atom is -0.493 e. The Morgan fingerprint density at radius 1 is 0.911 bits per heavy atom. The van der Waals surface area contributed by atoms with Gasteiger partial charge in [-0.25, -0.2) is 9.80 Å². The van der Waals surface area contributed by atoms with E-state index < -0.39 is 23.1 Å². The van der Waals surface area contributed by atoms with Crippen LogP contribution in [-0.4, -0.2) is 37.6 Å². The van der Waals surface area contributed by atoms with Crippen LogP contribution in [0.5, 0.6) is 17.5 Å². The standard InChI is InChI=1S/C31H24Cl2N6O6/c1-36-26-25(29(42)37(2)31(36)43)38(16-18-10-11-19(32)15-22(18)33)30(34-26)45-23-12-9-17(14-24(23)44-3)13-21-27(40)35-39(28(21)41)20-7-5-4-6-8-20/h4-15H,16H2,1-3H3,(H,35,40). The molecule has 0 bridgehead atoms. The largest absolute Gasteiger partial charge is 0.493 e. The molecule has 0 saturated carbocycles. The van der Waals surface area contributed by atoms with Gasteiger partial charge in [-0.3, -0.25) is 33.5 Å². The number of hydrogen-bond donors (Lipinski definition) is 1. The highest BCUT2D eigenvalue weighted by Gasteiger charge is 2.34. The lowest BCUT2D eigenvalue weighted by molar-refractivity contribution is -0.117. The van der Waals surface area contributed by atoms with Crippen LogP contribution in [0.1, 0.15) is 11.1 Å². The van der Waals surface area contributed by atoms with Gasteiger partial charge in [0.25, 0.3) is 17.4 Å². The van der Waals surface area contributed by atoms with Gasteiger partial charge in [0.15, 0.2) is 22.7 Å². The number of amides is 2. The average Bonchev–Trinajstić information content (AvgIpc) is 3.53. The van der Waals surface area contributed by atoms with Gasteiger partial charge in [0.05, 0.1) is 19.3 Å². The van der Waals surface area contributed by atoms with Crippen molar-refractivity contribution in [3.63, 3.8) is 0 Å². The second-order valence-corrected chi connectivity index (χ2v) is 10.9. The van der Waals surface area contributed by atoms with Crippen molar-refractivity contribution in [3.8, 4) is 17.5 Å². The van der Waals surface area contributed by atoms with E-state index in [0.717, 1.165) is 4.57 Å². The molecule has 1 aliphatic heterocycles. The van der Waals surface area contributed by atoms with Crippen LogP contribution in [0.15, 0.2) is 81.9 Å². The molecule has 0 unspecified atom stereocenters. The lowest BCUT2D eigenvalue weighted by atomic mass is 10.1. The number of carbonyl (C=O) groups excluding carboxylic acids is 2. The fourth-order valence-corrected chi connectivity index (χ4v) is 5.38. The number of methoxy groups -OCH3 is 1. The van der Waals surface area contributed by atoms with Gasteiger partial charge in [0, 0.05) is 24.1 Å². The van der Waals surface area contributed by atoms with E-state index in [0.29, 0.717) is 26.9 Å². The SMILES string of the molecule is COc1cc(C=C2C(=O)NN(c3ccccc3)C2=O)ccc1Oc1nc2c(c(=O)n(C)c(=O)n2C)n1Cc1ccc(Cl)cc1Cl. The first-order valence-corrected chi connectivity index (χ1v) is 14.2. The first-order valence-electron chi connectivity index (χ1n) is 13.5. The zero-order chi connectivity index (χ0) is 32.0. The van der Waals surface area contributed by atoms with Crippen molar-refractivity contribution in [2.75, 3.05) is 12.1 Å². The lowest BCUT2D eigenvalue weighted by Gasteiger charge is -2.14. The maximum absolute atomic E-state index is 13.3. The Bertz CT molecular complexity index is 2170. The molecule has 1 aliphatic rings. The highest BCUT2D eigenvalue weighted by molar-refractivity contribution is 6.35. The number of ether oxygens (including phenoxy) is 2. The van der Waals surface area contributed by atoms with Crippen LogP contribution in [0.4, 0.5) is 5.69 Å². The molecule has 1 fully saturated rings. The Morgan fingerprint density at radius 3 is 2.38 bits per heavy atom. The van der Waals surface area contributed by atoms with Crippen LogP contribution in [0, 0.1) is 0 Å². The Labute approximate surface area is 265 Å². The maximum Gasteiger partial charge on any atom is 0.332 e. The number of rotatable bonds is 7. The molecular formula is C31H24Cl2N6O6. The predicted octanol–water partition coefficient (Wildman–Crippen LogP) is 4.05. The number of para-hydroxylation sites is 1. The molecule has 5 aromatic rings. The molecule has 228 valence electrons. The summed E-state index contributed by atoms with van der Waals surface area (Å²) < 4.78 is 15.5. The van der Waals surface area contributed by atoms with Crippen LogP contribution >= 0.6 is 23.2 Å². The summed E-state index contributed by atoms with van der Waals surface area (Å²) in [6.07, 6.45) is 1.45. The second-order valence-electron chi connectivity index (χ2n) is 10.1. The van der Waals surface area contributed by atoms with Gasteiger partial charge >= 0.3 is 11.7 Å². The Morgan fingerprint density at radius 2 is 1.67 bits per heavy atom. The molecule has 0 aliphatic carbocycles. The number of aryl methyl sites for hydroxylation is 1. The number of hydrogen-bond acceptors (Lipinski definition) is 7. The molecule has 3 heterocycles. The van der Waals surface area contributed by atoms with E-state index in [1.807, 2.05) is 0 Å². The fraction of sp³-hybridized carbons (Fsp3) is 0.129. The third-order valence-electron chi connectivity index (χ3n) is 7.26. The number of fused-ring (bicyclic) bond motifs is 1. The van der Waals surface area contributed by atoms with Crippen LogP contribution < -0.4 is 31.2 Å². The van der Waals surface area contributed by atoms with Crippen LogP contribution in [0.2, 0.25) is 10.0 Å². The van der Waals surface area contributed by atoms with Gasteiger partial charge in [-0.15, -0.1) is 0 Å². The first kappa shape index (κ1) is 29.7. The van der Waals surface area contributed by atoms with Crippen molar-refractivity contribution in [1.29, 1.82) is 0 Å². The number of hydrazine groups is 1. The van der Waals surface area contributed by atoms with Gasteiger partial charge < -0.3 is 9.47 Å². The van der Waals surface area contributed by atoms with E-state index in [-0.39, 0.29) is 40.8 Å². The van der Waals surface area contributed by atoms with Crippen molar-refractivity contribution in [1.82, 2.24) is 24.1 Å². The molecule has 2 aromatic heterocycles. The van der Waals surface area contributed by atoms with E-state index >= 15 is 0 Å². The summed E-state index contributed by atoms with van der Waals surface area (Å²) >= 11 is 12.5. The van der Waals surface area contributed by atoms with Crippen LogP contribution in [0.25, 0.3) is 17.2 Å². The number of nitrogens with zero attached hydrogens (tertiary/aromatic N) is 5. The summed E-state index contributed by atoms with van der Waals surface area (Å²) in [6, 6.07) is 18.5. The zero-order valence-corrected chi connectivity index (χ0v) is 25.6. The Hall–Kier alpha value is -5.33. The average molecular weight is 647 g/mol. The topological polar surface area (TPSA) is 130 Å². The highest BCUT2D eigenvalue weighted by Crippen LogP contribution is 2.35. The molecule has 0 spiro atoms. The van der Waals surface area contributed by atoms with Gasteiger partial charge in [-0.2, -0.15) is 4.98 Å². The van der Waals surface area contributed by atoms with Crippen LogP contribution in [-0.2, 0) is 30.2 Å². The monoisotopic (exact) mass is 646 g/mol. The van der Waals surface area contributed by atoms with Crippen molar-refractivity contribution in [3.05, 3.63) is 114 Å². The van der Waals surface area contributed by atoms with Crippen molar-refractivity contribution < 1.29 is 19.1 Å². The molecule has 1 saturated heterocycles. The maximum atomic E-state index is 13.3. The molecule has 45 heavy (non-hydrogen) atoms. The lowest BCUT2D eigenvalue weighted by Crippen LogP contribution is -2.37. The summed E-state index contributed by atoms with van der Waals surface area (Å²) in [6.45, 7) is 0.0664. The quantitative estimate of drug-likeness (QED) is 0.209. The molecule has 14 heteroatoms. The van der Waals surface area contributed by atoms with E-state index in [9.17, 15) is 19.2 Å². The molecule has 12 nitrogen and oxygen atoms in total. The summed E-state index contributed by atoms with van der Waals surface area (Å²) in [5, 5.41) is 1.99. The molecule has 2 amide bonds. The molecule has 0 radical (unpaired) electrons. The zero-order valence-electron chi connectivity index (χ0n) is 24.1. The third kappa shape index (κ3) is 5.34. The number of imidazole rings is 1. The second kappa shape index (κ2) is 11.6. The summed E-state index contributed by atoms with van der Waals surface area (Å²) in [5.74, 6) is -0.592. The molecule has 1 N–H and O–H groups in total. The molecule has 0 atom stereocenters. The minimum absolute atomic E-state index is 0.0115. The number of anilines is 1. The van der Waals surface area contributed by atoms with Gasteiger partial charge in [0.2, 0.25) is 0 Å². The minimum atomic E-state index is -0.571. The molecule has 6 rings (SSSR count). The Kier molecular flexibility index (Phi) is 7.69. The van der Waals surface area contributed by atoms with Gasteiger partial charge in [-0.1, -0.05) is 53.5 Å². The van der Waals surface area contributed by atoms with Gasteiger partial charge in [-0.05, 0) is 53.6 Å². The van der Waals surface area contributed by atoms with E-state index in [1.54, 1.807) is 66.7 Å². The predicted molar refractivity (Wildman–Crippen MR) is 169 cm³/mol. The van der Waals surface area contributed by atoms with E-state index in [4.69, 9.17) is 32.7 Å². The molecular weight excluding hydrogens is 623 g/mol. The van der Waals surface area contributed by atoms with Crippen LogP contribution in [0.3, 0.4) is 0 Å². The normalized spacial score (nSPS) is 14.0. The number of nitrogens with one attached hydrogen (secondary N) is 1. The molecule has 3 aromatic carbocycles. The fourth-order valence-electron chi connectivity index (χ4n) is 4.91. The number of carbonyl (C=O) groups is 2. The van der Waals surface area contributed by atoms with E-state index in [2.05, 4.69) is 10.4 Å². The summed E-state index contributed by atoms with van der Waals surface area (Å²) in [5.41, 5.74) is 3.25. The van der Waals surface area contributed by atoms with E-state index in [1.165, 1.54) is 41.4 Å². The highest BCUT2D eigenvalue weighted by atomic mass is 35.5. The summed E-state index contributed by atoms with van der Waals surface area (Å²) in [7, 11) is 4.31. The van der Waals surface area contributed by atoms with Crippen molar-refractivity contribution in [2.24, 2.45) is 14.1 Å². The smallest absolute Gasteiger partial charge is 0.332 e. The van der Waals surface area contributed by atoms with Crippen molar-refractivity contribution in [2.45, 2.75) is 6.54 Å². The third-order valence-corrected chi connectivity index (χ3v) is 7.85. The first-order chi connectivity index (χ1) is 21.6. The summed E-state index contributed by atoms with van der Waals surface area (Å²) in [4.78, 5) is 56.2. The van der Waals surface area contributed by atoms with Crippen molar-refractivity contribution >= 4 is 57.9 Å². The number of benzene rings is 3. The van der Waals surface area contributed by atoms with Gasteiger partial charge in [0.1, 0.15) is 5.57 Å². The number of halogens is 2.